The van der Waals surface area contributed by atoms with E-state index in [0.717, 1.165) is 24.8 Å². The van der Waals surface area contributed by atoms with Crippen molar-refractivity contribution in [3.8, 4) is 11.5 Å². The first kappa shape index (κ1) is 19.1. The molecule has 0 aromatic heterocycles. The Hall–Kier alpha value is -1.97. The lowest BCUT2D eigenvalue weighted by Gasteiger charge is -2.19. The Morgan fingerprint density at radius 2 is 1.91 bits per heavy atom. The Labute approximate surface area is 140 Å². The number of amides is 1. The summed E-state index contributed by atoms with van der Waals surface area (Å²) < 4.78 is 11.5. The summed E-state index contributed by atoms with van der Waals surface area (Å²) >= 11 is 0. The summed E-state index contributed by atoms with van der Waals surface area (Å²) in [4.78, 5) is 13.8. The zero-order chi connectivity index (χ0) is 17.1. The highest BCUT2D eigenvalue weighted by molar-refractivity contribution is 5.77. The molecule has 1 amide bonds. The zero-order valence-electron chi connectivity index (χ0n) is 14.6. The molecular formula is C19H29NO3. The summed E-state index contributed by atoms with van der Waals surface area (Å²) in [6.45, 7) is 11.9. The number of rotatable bonds is 11. The minimum atomic E-state index is -0.00956. The SMILES string of the molecule is C=CCc1ccc(OCC(=O)N(CC)CC)c(OCCCC)c1. The first-order valence-electron chi connectivity index (χ1n) is 8.43. The molecule has 0 aliphatic heterocycles. The molecule has 1 rings (SSSR count). The third kappa shape index (κ3) is 6.35. The molecule has 0 fully saturated rings. The van der Waals surface area contributed by atoms with E-state index >= 15 is 0 Å². The zero-order valence-corrected chi connectivity index (χ0v) is 14.6. The van der Waals surface area contributed by atoms with Crippen molar-refractivity contribution in [2.45, 2.75) is 40.0 Å². The second kappa shape index (κ2) is 10.7. The lowest BCUT2D eigenvalue weighted by atomic mass is 10.1. The number of carbonyl (C=O) groups excluding carboxylic acids is 1. The number of allylic oxidation sites excluding steroid dienone is 1. The highest BCUT2D eigenvalue weighted by atomic mass is 16.5. The Balaban J connectivity index is 2.78. The highest BCUT2D eigenvalue weighted by Gasteiger charge is 2.13. The topological polar surface area (TPSA) is 38.8 Å². The van der Waals surface area contributed by atoms with Crippen LogP contribution in [0.25, 0.3) is 0 Å². The van der Waals surface area contributed by atoms with Gasteiger partial charge in [0, 0.05) is 13.1 Å². The molecule has 0 N–H and O–H groups in total. The average molecular weight is 319 g/mol. The Morgan fingerprint density at radius 1 is 1.17 bits per heavy atom. The van der Waals surface area contributed by atoms with E-state index in [1.807, 2.05) is 38.1 Å². The number of carbonyl (C=O) groups is 1. The predicted molar refractivity (Wildman–Crippen MR) is 94.2 cm³/mol. The number of benzene rings is 1. The molecule has 0 aliphatic carbocycles. The van der Waals surface area contributed by atoms with Crippen LogP contribution in [-0.4, -0.2) is 37.1 Å². The van der Waals surface area contributed by atoms with Crippen LogP contribution in [0.2, 0.25) is 0 Å². The summed E-state index contributed by atoms with van der Waals surface area (Å²) in [7, 11) is 0. The minimum Gasteiger partial charge on any atom is -0.490 e. The van der Waals surface area contributed by atoms with Crippen molar-refractivity contribution in [2.75, 3.05) is 26.3 Å². The van der Waals surface area contributed by atoms with Gasteiger partial charge in [0.1, 0.15) is 0 Å². The molecule has 4 nitrogen and oxygen atoms in total. The van der Waals surface area contributed by atoms with Crippen LogP contribution in [0.3, 0.4) is 0 Å². The number of unbranched alkanes of at least 4 members (excludes halogenated alkanes) is 1. The number of hydrogen-bond acceptors (Lipinski definition) is 3. The normalized spacial score (nSPS) is 10.2. The number of hydrogen-bond donors (Lipinski definition) is 0. The summed E-state index contributed by atoms with van der Waals surface area (Å²) in [6, 6.07) is 5.82. The van der Waals surface area contributed by atoms with Crippen molar-refractivity contribution in [1.82, 2.24) is 4.90 Å². The van der Waals surface area contributed by atoms with E-state index in [1.165, 1.54) is 0 Å². The van der Waals surface area contributed by atoms with Gasteiger partial charge in [0.15, 0.2) is 18.1 Å². The fraction of sp³-hybridized carbons (Fsp3) is 0.526. The molecule has 0 bridgehead atoms. The molecule has 128 valence electrons. The third-order valence-corrected chi connectivity index (χ3v) is 3.61. The maximum atomic E-state index is 12.1. The van der Waals surface area contributed by atoms with Crippen LogP contribution in [-0.2, 0) is 11.2 Å². The fourth-order valence-corrected chi connectivity index (χ4v) is 2.21. The molecule has 4 heteroatoms. The van der Waals surface area contributed by atoms with Gasteiger partial charge in [-0.05, 0) is 44.4 Å². The molecule has 1 aromatic carbocycles. The van der Waals surface area contributed by atoms with Gasteiger partial charge in [-0.25, -0.2) is 0 Å². The molecule has 0 atom stereocenters. The van der Waals surface area contributed by atoms with Crippen molar-refractivity contribution in [3.63, 3.8) is 0 Å². The van der Waals surface area contributed by atoms with Gasteiger partial charge in [0.25, 0.3) is 5.91 Å². The summed E-state index contributed by atoms with van der Waals surface area (Å²) in [5.41, 5.74) is 1.12. The molecule has 1 aromatic rings. The summed E-state index contributed by atoms with van der Waals surface area (Å²) in [5, 5.41) is 0. The second-order valence-corrected chi connectivity index (χ2v) is 5.33. The van der Waals surface area contributed by atoms with Gasteiger partial charge in [-0.3, -0.25) is 4.79 Å². The van der Waals surface area contributed by atoms with Crippen molar-refractivity contribution in [2.24, 2.45) is 0 Å². The fourth-order valence-electron chi connectivity index (χ4n) is 2.21. The molecule has 0 saturated heterocycles. The lowest BCUT2D eigenvalue weighted by Crippen LogP contribution is -2.34. The van der Waals surface area contributed by atoms with E-state index in [0.29, 0.717) is 31.2 Å². The van der Waals surface area contributed by atoms with Crippen LogP contribution >= 0.6 is 0 Å². The number of ether oxygens (including phenoxy) is 2. The van der Waals surface area contributed by atoms with E-state index in [1.54, 1.807) is 4.90 Å². The molecule has 0 spiro atoms. The predicted octanol–water partition coefficient (Wildman–Crippen LogP) is 3.84. The van der Waals surface area contributed by atoms with E-state index in [-0.39, 0.29) is 12.5 Å². The Bertz CT molecular complexity index is 495. The molecule has 0 unspecified atom stereocenters. The van der Waals surface area contributed by atoms with E-state index in [4.69, 9.17) is 9.47 Å². The average Bonchev–Trinajstić information content (AvgIpc) is 2.55. The van der Waals surface area contributed by atoms with Gasteiger partial charge in [-0.2, -0.15) is 0 Å². The van der Waals surface area contributed by atoms with Gasteiger partial charge in [-0.1, -0.05) is 25.5 Å². The van der Waals surface area contributed by atoms with Crippen LogP contribution in [0.15, 0.2) is 30.9 Å². The largest absolute Gasteiger partial charge is 0.490 e. The molecule has 0 radical (unpaired) electrons. The standard InChI is InChI=1S/C19H29NO3/c1-5-9-13-22-18-14-16(10-6-2)11-12-17(18)23-15-19(21)20(7-3)8-4/h6,11-12,14H,2,5,7-10,13,15H2,1,3-4H3. The molecule has 0 heterocycles. The van der Waals surface area contributed by atoms with Gasteiger partial charge >= 0.3 is 0 Å². The maximum Gasteiger partial charge on any atom is 0.260 e. The van der Waals surface area contributed by atoms with Crippen molar-refractivity contribution in [3.05, 3.63) is 36.4 Å². The smallest absolute Gasteiger partial charge is 0.260 e. The van der Waals surface area contributed by atoms with Crippen LogP contribution < -0.4 is 9.47 Å². The highest BCUT2D eigenvalue weighted by Crippen LogP contribution is 2.29. The van der Waals surface area contributed by atoms with E-state index < -0.39 is 0 Å². The lowest BCUT2D eigenvalue weighted by molar-refractivity contribution is -0.132. The van der Waals surface area contributed by atoms with E-state index in [2.05, 4.69) is 13.5 Å². The minimum absolute atomic E-state index is 0.00956. The van der Waals surface area contributed by atoms with Gasteiger partial charge in [0.2, 0.25) is 0 Å². The summed E-state index contributed by atoms with van der Waals surface area (Å²) in [5.74, 6) is 1.31. The quantitative estimate of drug-likeness (QED) is 0.459. The first-order chi connectivity index (χ1) is 11.2. The summed E-state index contributed by atoms with van der Waals surface area (Å²) in [6.07, 6.45) is 4.70. The van der Waals surface area contributed by atoms with Crippen molar-refractivity contribution in [1.29, 1.82) is 0 Å². The van der Waals surface area contributed by atoms with Gasteiger partial charge in [-0.15, -0.1) is 6.58 Å². The van der Waals surface area contributed by atoms with Crippen LogP contribution in [0, 0.1) is 0 Å². The second-order valence-electron chi connectivity index (χ2n) is 5.33. The van der Waals surface area contributed by atoms with E-state index in [9.17, 15) is 4.79 Å². The van der Waals surface area contributed by atoms with Crippen LogP contribution in [0.5, 0.6) is 11.5 Å². The van der Waals surface area contributed by atoms with Crippen LogP contribution in [0.1, 0.15) is 39.2 Å². The Morgan fingerprint density at radius 3 is 2.52 bits per heavy atom. The first-order valence-corrected chi connectivity index (χ1v) is 8.43. The van der Waals surface area contributed by atoms with Crippen LogP contribution in [0.4, 0.5) is 0 Å². The number of likely N-dealkylation sites (N-methyl/N-ethyl adjacent to an activating group) is 1. The van der Waals surface area contributed by atoms with Crippen molar-refractivity contribution < 1.29 is 14.3 Å². The third-order valence-electron chi connectivity index (χ3n) is 3.61. The maximum absolute atomic E-state index is 12.1. The molecule has 0 saturated carbocycles. The monoisotopic (exact) mass is 319 g/mol. The Kier molecular flexibility index (Phi) is 8.88. The molecular weight excluding hydrogens is 290 g/mol. The van der Waals surface area contributed by atoms with Crippen molar-refractivity contribution >= 4 is 5.91 Å². The molecule has 23 heavy (non-hydrogen) atoms. The number of nitrogens with zero attached hydrogens (tertiary/aromatic N) is 1. The van der Waals surface area contributed by atoms with Gasteiger partial charge in [0.05, 0.1) is 6.61 Å². The molecule has 0 aliphatic rings. The van der Waals surface area contributed by atoms with Gasteiger partial charge < -0.3 is 14.4 Å².